The van der Waals surface area contributed by atoms with Gasteiger partial charge in [0, 0.05) is 4.47 Å². The molecule has 0 unspecified atom stereocenters. The Bertz CT molecular complexity index is 1030. The molecule has 0 fully saturated rings. The van der Waals surface area contributed by atoms with Crippen molar-refractivity contribution in [3.05, 3.63) is 94.0 Å². The summed E-state index contributed by atoms with van der Waals surface area (Å²) in [5.74, 6) is 0.213. The van der Waals surface area contributed by atoms with Crippen LogP contribution in [0.25, 0.3) is 0 Å². The molecule has 1 amide bonds. The molecule has 0 aliphatic heterocycles. The maximum absolute atomic E-state index is 12.1. The standard InChI is InChI=1S/C23H19BrN2O4/c1-16-2-6-18(7-3-16)23(28)30-21-10-4-17(5-11-21)14-25-26-22(27)15-29-20-12-8-19(24)9-13-20/h2-14H,15H2,1H3,(H,26,27)/b25-14+. The first-order valence-corrected chi connectivity index (χ1v) is 9.88. The Kier molecular flexibility index (Phi) is 7.34. The highest BCUT2D eigenvalue weighted by atomic mass is 79.9. The second-order valence-corrected chi connectivity index (χ2v) is 7.28. The van der Waals surface area contributed by atoms with E-state index >= 15 is 0 Å². The second-order valence-electron chi connectivity index (χ2n) is 6.36. The van der Waals surface area contributed by atoms with Crippen molar-refractivity contribution in [3.63, 3.8) is 0 Å². The van der Waals surface area contributed by atoms with Gasteiger partial charge >= 0.3 is 5.97 Å². The average molecular weight is 467 g/mol. The lowest BCUT2D eigenvalue weighted by molar-refractivity contribution is -0.123. The van der Waals surface area contributed by atoms with Crippen LogP contribution in [-0.2, 0) is 4.79 Å². The second kappa shape index (κ2) is 10.4. The van der Waals surface area contributed by atoms with E-state index in [9.17, 15) is 9.59 Å². The number of esters is 1. The van der Waals surface area contributed by atoms with Gasteiger partial charge in [-0.1, -0.05) is 33.6 Å². The zero-order chi connectivity index (χ0) is 21.3. The predicted octanol–water partition coefficient (Wildman–Crippen LogP) is 4.51. The number of halogens is 1. The number of carbonyl (C=O) groups excluding carboxylic acids is 2. The van der Waals surface area contributed by atoms with E-state index < -0.39 is 5.97 Å². The molecule has 3 aromatic carbocycles. The van der Waals surface area contributed by atoms with Crippen molar-refractivity contribution in [2.45, 2.75) is 6.92 Å². The van der Waals surface area contributed by atoms with Crippen LogP contribution in [0.5, 0.6) is 11.5 Å². The number of nitrogens with one attached hydrogen (secondary N) is 1. The van der Waals surface area contributed by atoms with Gasteiger partial charge in [-0.05, 0) is 73.2 Å². The lowest BCUT2D eigenvalue weighted by Crippen LogP contribution is -2.24. The molecule has 0 saturated carbocycles. The third-order valence-corrected chi connectivity index (χ3v) is 4.49. The zero-order valence-electron chi connectivity index (χ0n) is 16.2. The van der Waals surface area contributed by atoms with Crippen LogP contribution in [-0.4, -0.2) is 24.7 Å². The number of hydrogen-bond donors (Lipinski definition) is 1. The summed E-state index contributed by atoms with van der Waals surface area (Å²) in [5, 5.41) is 3.89. The fourth-order valence-corrected chi connectivity index (χ4v) is 2.63. The summed E-state index contributed by atoms with van der Waals surface area (Å²) in [6, 6.07) is 21.1. The molecule has 0 aromatic heterocycles. The van der Waals surface area contributed by atoms with Gasteiger partial charge in [0.05, 0.1) is 11.8 Å². The molecular formula is C23H19BrN2O4. The number of benzene rings is 3. The summed E-state index contributed by atoms with van der Waals surface area (Å²) in [7, 11) is 0. The first-order valence-electron chi connectivity index (χ1n) is 9.09. The number of aryl methyl sites for hydroxylation is 1. The molecule has 0 radical (unpaired) electrons. The number of hydrogen-bond acceptors (Lipinski definition) is 5. The molecule has 152 valence electrons. The normalized spacial score (nSPS) is 10.6. The van der Waals surface area contributed by atoms with E-state index in [1.54, 1.807) is 48.5 Å². The molecule has 0 bridgehead atoms. The summed E-state index contributed by atoms with van der Waals surface area (Å²) in [4.78, 5) is 23.9. The molecule has 1 N–H and O–H groups in total. The largest absolute Gasteiger partial charge is 0.484 e. The van der Waals surface area contributed by atoms with Gasteiger partial charge in [0.2, 0.25) is 0 Å². The molecule has 0 atom stereocenters. The lowest BCUT2D eigenvalue weighted by Gasteiger charge is -2.05. The monoisotopic (exact) mass is 466 g/mol. The third kappa shape index (κ3) is 6.56. The van der Waals surface area contributed by atoms with Gasteiger partial charge in [0.15, 0.2) is 6.61 Å². The highest BCUT2D eigenvalue weighted by molar-refractivity contribution is 9.10. The summed E-state index contributed by atoms with van der Waals surface area (Å²) in [5.41, 5.74) is 4.69. The minimum absolute atomic E-state index is 0.146. The lowest BCUT2D eigenvalue weighted by atomic mass is 10.1. The summed E-state index contributed by atoms with van der Waals surface area (Å²) < 4.78 is 11.6. The van der Waals surface area contributed by atoms with Gasteiger partial charge in [0.1, 0.15) is 11.5 Å². The van der Waals surface area contributed by atoms with Crippen LogP contribution in [0.2, 0.25) is 0 Å². The number of hydrazone groups is 1. The van der Waals surface area contributed by atoms with Crippen molar-refractivity contribution < 1.29 is 19.1 Å². The minimum atomic E-state index is -0.422. The maximum Gasteiger partial charge on any atom is 0.343 e. The Morgan fingerprint density at radius 2 is 1.57 bits per heavy atom. The van der Waals surface area contributed by atoms with Crippen LogP contribution < -0.4 is 14.9 Å². The van der Waals surface area contributed by atoms with Gasteiger partial charge < -0.3 is 9.47 Å². The summed E-state index contributed by atoms with van der Waals surface area (Å²) in [6.45, 7) is 1.81. The van der Waals surface area contributed by atoms with Gasteiger partial charge in [0.25, 0.3) is 5.91 Å². The highest BCUT2D eigenvalue weighted by Crippen LogP contribution is 2.16. The average Bonchev–Trinajstić information content (AvgIpc) is 2.75. The van der Waals surface area contributed by atoms with E-state index in [1.165, 1.54) is 6.21 Å². The van der Waals surface area contributed by atoms with Crippen LogP contribution in [0.3, 0.4) is 0 Å². The highest BCUT2D eigenvalue weighted by Gasteiger charge is 2.08. The topological polar surface area (TPSA) is 77.0 Å². The number of rotatable bonds is 7. The Morgan fingerprint density at radius 1 is 0.933 bits per heavy atom. The van der Waals surface area contributed by atoms with Crippen molar-refractivity contribution in [2.75, 3.05) is 6.61 Å². The van der Waals surface area contributed by atoms with Gasteiger partial charge in [-0.3, -0.25) is 4.79 Å². The Hall–Kier alpha value is -3.45. The fraction of sp³-hybridized carbons (Fsp3) is 0.0870. The molecule has 30 heavy (non-hydrogen) atoms. The summed E-state index contributed by atoms with van der Waals surface area (Å²) in [6.07, 6.45) is 1.49. The molecular weight excluding hydrogens is 448 g/mol. The van der Waals surface area contributed by atoms with E-state index in [2.05, 4.69) is 26.5 Å². The van der Waals surface area contributed by atoms with Crippen LogP contribution in [0, 0.1) is 6.92 Å². The molecule has 0 saturated heterocycles. The zero-order valence-corrected chi connectivity index (χ0v) is 17.8. The maximum atomic E-state index is 12.1. The first-order chi connectivity index (χ1) is 14.5. The number of amides is 1. The van der Waals surface area contributed by atoms with E-state index in [0.717, 1.165) is 15.6 Å². The van der Waals surface area contributed by atoms with E-state index in [0.29, 0.717) is 17.1 Å². The van der Waals surface area contributed by atoms with Gasteiger partial charge in [-0.15, -0.1) is 0 Å². The SMILES string of the molecule is Cc1ccc(C(=O)Oc2ccc(/C=N/NC(=O)COc3ccc(Br)cc3)cc2)cc1. The Morgan fingerprint density at radius 3 is 2.23 bits per heavy atom. The quantitative estimate of drug-likeness (QED) is 0.240. The first kappa shape index (κ1) is 21.3. The number of carbonyl (C=O) groups is 2. The minimum Gasteiger partial charge on any atom is -0.484 e. The van der Waals surface area contributed by atoms with Crippen LogP contribution in [0.15, 0.2) is 82.4 Å². The molecule has 0 aliphatic carbocycles. The van der Waals surface area contributed by atoms with Crippen molar-refractivity contribution in [2.24, 2.45) is 5.10 Å². The Labute approximate surface area is 182 Å². The predicted molar refractivity (Wildman–Crippen MR) is 118 cm³/mol. The van der Waals surface area contributed by atoms with Crippen LogP contribution in [0.1, 0.15) is 21.5 Å². The van der Waals surface area contributed by atoms with E-state index in [1.807, 2.05) is 31.2 Å². The molecule has 0 heterocycles. The fourth-order valence-electron chi connectivity index (χ4n) is 2.37. The summed E-state index contributed by atoms with van der Waals surface area (Å²) >= 11 is 3.33. The molecule has 6 nitrogen and oxygen atoms in total. The number of nitrogens with zero attached hydrogens (tertiary/aromatic N) is 1. The van der Waals surface area contributed by atoms with Crippen LogP contribution >= 0.6 is 15.9 Å². The van der Waals surface area contributed by atoms with Crippen molar-refractivity contribution in [3.8, 4) is 11.5 Å². The molecule has 7 heteroatoms. The van der Waals surface area contributed by atoms with Crippen molar-refractivity contribution in [1.82, 2.24) is 5.43 Å². The molecule has 0 aliphatic rings. The van der Waals surface area contributed by atoms with Crippen molar-refractivity contribution in [1.29, 1.82) is 0 Å². The van der Waals surface area contributed by atoms with Gasteiger partial charge in [-0.2, -0.15) is 5.10 Å². The Balaban J connectivity index is 1.45. The van der Waals surface area contributed by atoms with Crippen LogP contribution in [0.4, 0.5) is 0 Å². The molecule has 0 spiro atoms. The number of ether oxygens (including phenoxy) is 2. The molecule has 3 rings (SSSR count). The van der Waals surface area contributed by atoms with E-state index in [4.69, 9.17) is 9.47 Å². The van der Waals surface area contributed by atoms with Crippen molar-refractivity contribution >= 4 is 34.0 Å². The molecule has 3 aromatic rings. The smallest absolute Gasteiger partial charge is 0.343 e. The van der Waals surface area contributed by atoms with E-state index in [-0.39, 0.29) is 12.5 Å². The third-order valence-electron chi connectivity index (χ3n) is 3.96. The van der Waals surface area contributed by atoms with Gasteiger partial charge in [-0.25, -0.2) is 10.2 Å².